The van der Waals surface area contributed by atoms with Crippen molar-refractivity contribution in [3.05, 3.63) is 71.3 Å². The van der Waals surface area contributed by atoms with E-state index in [1.807, 2.05) is 25.1 Å². The molecule has 0 spiro atoms. The number of hydrogen-bond acceptors (Lipinski definition) is 4. The Morgan fingerprint density at radius 2 is 1.72 bits per heavy atom. The number of esters is 1. The Bertz CT molecular complexity index is 1070. The van der Waals surface area contributed by atoms with Crippen LogP contribution in [0.2, 0.25) is 0 Å². The van der Waals surface area contributed by atoms with Crippen molar-refractivity contribution in [2.45, 2.75) is 85.7 Å². The summed E-state index contributed by atoms with van der Waals surface area (Å²) in [4.78, 5) is 24.5. The molecule has 2 aromatic rings. The zero-order valence-electron chi connectivity index (χ0n) is 22.5. The smallest absolute Gasteiger partial charge is 0.342 e. The van der Waals surface area contributed by atoms with E-state index in [2.05, 4.69) is 45.9 Å². The van der Waals surface area contributed by atoms with E-state index >= 15 is 0 Å². The number of Topliss-reactive ketones (excluding diaryl/α,β-unsaturated/α-hetero) is 1. The molecule has 0 heterocycles. The van der Waals surface area contributed by atoms with E-state index in [1.54, 1.807) is 18.2 Å². The van der Waals surface area contributed by atoms with Gasteiger partial charge in [-0.1, -0.05) is 89.9 Å². The minimum absolute atomic E-state index is 0.0223. The first-order valence-electron chi connectivity index (χ1n) is 13.5. The number of phenols is 1. The normalized spacial score (nSPS) is 23.8. The summed E-state index contributed by atoms with van der Waals surface area (Å²) in [7, 11) is 0. The maximum Gasteiger partial charge on any atom is 0.342 e. The number of unbranched alkanes of at least 4 members (excludes halogenated alkanes) is 2. The number of hydrogen-bond donors (Lipinski definition) is 1. The summed E-state index contributed by atoms with van der Waals surface area (Å²) in [6.07, 6.45) is 9.36. The van der Waals surface area contributed by atoms with Gasteiger partial charge in [-0.05, 0) is 72.8 Å². The molecule has 0 aliphatic heterocycles. The average molecular weight is 491 g/mol. The Balaban J connectivity index is 0.000000201. The fourth-order valence-corrected chi connectivity index (χ4v) is 5.65. The van der Waals surface area contributed by atoms with Gasteiger partial charge in [-0.2, -0.15) is 0 Å². The van der Waals surface area contributed by atoms with Crippen LogP contribution >= 0.6 is 0 Å². The van der Waals surface area contributed by atoms with E-state index in [4.69, 9.17) is 4.74 Å². The van der Waals surface area contributed by atoms with E-state index in [9.17, 15) is 14.7 Å². The molecule has 0 saturated heterocycles. The monoisotopic (exact) mass is 490 g/mol. The van der Waals surface area contributed by atoms with Gasteiger partial charge in [-0.25, -0.2) is 4.79 Å². The molecule has 2 bridgehead atoms. The number of fused-ring (bicyclic) bond motifs is 2. The molecule has 0 amide bonds. The molecule has 3 atom stereocenters. The molecule has 2 saturated carbocycles. The third-order valence-electron chi connectivity index (χ3n) is 8.47. The Morgan fingerprint density at radius 3 is 2.31 bits per heavy atom. The minimum atomic E-state index is -0.434. The number of allylic oxidation sites excluding steroid dienone is 1. The average Bonchev–Trinajstić information content (AvgIpc) is 3.18. The first kappa shape index (κ1) is 27.7. The number of phenolic OH excluding ortho intramolecular Hbond substituents is 1. The van der Waals surface area contributed by atoms with Gasteiger partial charge in [-0.3, -0.25) is 4.79 Å². The summed E-state index contributed by atoms with van der Waals surface area (Å²) >= 11 is 0. The molecular formula is C32H42O4. The molecule has 2 aromatic carbocycles. The lowest BCUT2D eigenvalue weighted by Gasteiger charge is -2.31. The third-order valence-corrected chi connectivity index (χ3v) is 8.47. The summed E-state index contributed by atoms with van der Waals surface area (Å²) in [5.74, 6) is 0.366. The SMILES string of the molecule is CC12CCC(C(=Cc3ccccc3)C1=O)C2(C)C.CCCCCC(CC)OC(=O)c1ccccc1O. The van der Waals surface area contributed by atoms with Gasteiger partial charge in [0.15, 0.2) is 5.78 Å². The van der Waals surface area contributed by atoms with Crippen LogP contribution in [0.25, 0.3) is 6.08 Å². The van der Waals surface area contributed by atoms with E-state index in [0.29, 0.717) is 11.7 Å². The van der Waals surface area contributed by atoms with Crippen molar-refractivity contribution in [2.24, 2.45) is 16.7 Å². The number of rotatable bonds is 8. The lowest BCUT2D eigenvalue weighted by Crippen LogP contribution is -2.32. The van der Waals surface area contributed by atoms with Crippen LogP contribution in [0.1, 0.15) is 95.5 Å². The first-order chi connectivity index (χ1) is 17.2. The topological polar surface area (TPSA) is 63.6 Å². The van der Waals surface area contributed by atoms with Crippen molar-refractivity contribution in [1.82, 2.24) is 0 Å². The second kappa shape index (κ2) is 11.9. The summed E-state index contributed by atoms with van der Waals surface area (Å²) in [6, 6.07) is 16.7. The Labute approximate surface area is 216 Å². The molecule has 4 nitrogen and oxygen atoms in total. The van der Waals surface area contributed by atoms with Gasteiger partial charge in [0, 0.05) is 5.41 Å². The summed E-state index contributed by atoms with van der Waals surface area (Å²) in [6.45, 7) is 10.8. The molecule has 1 N–H and O–H groups in total. The van der Waals surface area contributed by atoms with Crippen LogP contribution in [0, 0.1) is 16.7 Å². The van der Waals surface area contributed by atoms with E-state index in [0.717, 1.165) is 56.1 Å². The van der Waals surface area contributed by atoms with Gasteiger partial charge in [0.25, 0.3) is 0 Å². The fraction of sp³-hybridized carbons (Fsp3) is 0.500. The highest BCUT2D eigenvalue weighted by atomic mass is 16.5. The zero-order valence-corrected chi connectivity index (χ0v) is 22.5. The molecule has 194 valence electrons. The number of para-hydroxylation sites is 1. The fourth-order valence-electron chi connectivity index (χ4n) is 5.65. The van der Waals surface area contributed by atoms with Crippen molar-refractivity contribution in [2.75, 3.05) is 0 Å². The van der Waals surface area contributed by atoms with Gasteiger partial charge in [0.05, 0.1) is 0 Å². The maximum atomic E-state index is 12.6. The molecule has 3 unspecified atom stereocenters. The van der Waals surface area contributed by atoms with Crippen LogP contribution in [0.4, 0.5) is 0 Å². The highest BCUT2D eigenvalue weighted by Crippen LogP contribution is 2.65. The third kappa shape index (κ3) is 5.74. The highest BCUT2D eigenvalue weighted by Gasteiger charge is 2.63. The van der Waals surface area contributed by atoms with Crippen molar-refractivity contribution >= 4 is 17.8 Å². The molecule has 4 heteroatoms. The van der Waals surface area contributed by atoms with Gasteiger partial charge in [0.1, 0.15) is 17.4 Å². The molecular weight excluding hydrogens is 448 g/mol. The highest BCUT2D eigenvalue weighted by molar-refractivity contribution is 6.07. The predicted molar refractivity (Wildman–Crippen MR) is 146 cm³/mol. The van der Waals surface area contributed by atoms with Gasteiger partial charge in [0.2, 0.25) is 0 Å². The number of carbonyl (C=O) groups excluding carboxylic acids is 2. The lowest BCUT2D eigenvalue weighted by molar-refractivity contribution is -0.125. The van der Waals surface area contributed by atoms with E-state index in [1.165, 1.54) is 6.07 Å². The number of aromatic hydroxyl groups is 1. The lowest BCUT2D eigenvalue weighted by atomic mass is 9.70. The van der Waals surface area contributed by atoms with E-state index < -0.39 is 5.97 Å². The number of benzene rings is 2. The Hall–Kier alpha value is -2.88. The van der Waals surface area contributed by atoms with Crippen molar-refractivity contribution in [3.63, 3.8) is 0 Å². The zero-order chi connectivity index (χ0) is 26.3. The number of ether oxygens (including phenoxy) is 1. The van der Waals surface area contributed by atoms with E-state index in [-0.39, 0.29) is 28.2 Å². The van der Waals surface area contributed by atoms with Crippen LogP contribution in [0.3, 0.4) is 0 Å². The van der Waals surface area contributed by atoms with Gasteiger partial charge in [-0.15, -0.1) is 0 Å². The minimum Gasteiger partial charge on any atom is -0.507 e. The summed E-state index contributed by atoms with van der Waals surface area (Å²) in [5, 5.41) is 9.58. The van der Waals surface area contributed by atoms with Crippen molar-refractivity contribution < 1.29 is 19.4 Å². The standard InChI is InChI=1S/C17H20O.C15H22O3/c1-16(2)14-9-10-17(16,3)15(18)13(14)11-12-7-5-4-6-8-12;1-3-5-6-9-12(4-2)18-15(17)13-10-7-8-11-14(13)16/h4-8,11,14H,9-10H2,1-3H3;7-8,10-12,16H,3-6,9H2,1-2H3. The van der Waals surface area contributed by atoms with Crippen molar-refractivity contribution in [1.29, 1.82) is 0 Å². The Morgan fingerprint density at radius 1 is 1.06 bits per heavy atom. The number of carbonyl (C=O) groups is 2. The van der Waals surface area contributed by atoms with Crippen molar-refractivity contribution in [3.8, 4) is 5.75 Å². The van der Waals surface area contributed by atoms with Crippen LogP contribution in [0.15, 0.2) is 60.2 Å². The molecule has 2 aliphatic carbocycles. The quantitative estimate of drug-likeness (QED) is 0.231. The summed E-state index contributed by atoms with van der Waals surface area (Å²) in [5.41, 5.74) is 2.42. The molecule has 2 aliphatic rings. The molecule has 0 aromatic heterocycles. The second-order valence-corrected chi connectivity index (χ2v) is 10.9. The largest absolute Gasteiger partial charge is 0.507 e. The van der Waals surface area contributed by atoms with Crippen LogP contribution in [-0.4, -0.2) is 23.0 Å². The second-order valence-electron chi connectivity index (χ2n) is 10.9. The predicted octanol–water partition coefficient (Wildman–Crippen LogP) is 8.00. The van der Waals surface area contributed by atoms with Gasteiger partial charge >= 0.3 is 5.97 Å². The maximum absolute atomic E-state index is 12.6. The molecule has 36 heavy (non-hydrogen) atoms. The molecule has 0 radical (unpaired) electrons. The molecule has 2 fully saturated rings. The van der Waals surface area contributed by atoms with Crippen LogP contribution in [-0.2, 0) is 9.53 Å². The summed E-state index contributed by atoms with van der Waals surface area (Å²) < 4.78 is 5.41. The molecule has 4 rings (SSSR count). The number of ketones is 1. The first-order valence-corrected chi connectivity index (χ1v) is 13.5. The van der Waals surface area contributed by atoms with Crippen LogP contribution in [0.5, 0.6) is 5.75 Å². The van der Waals surface area contributed by atoms with Crippen LogP contribution < -0.4 is 0 Å². The van der Waals surface area contributed by atoms with Gasteiger partial charge < -0.3 is 9.84 Å². The Kier molecular flexibility index (Phi) is 9.16.